The topological polar surface area (TPSA) is 135 Å². The molecule has 0 radical (unpaired) electrons. The molecule has 4 aromatic rings. The molecule has 3 aliphatic rings. The highest BCUT2D eigenvalue weighted by molar-refractivity contribution is 6.06. The first-order chi connectivity index (χ1) is 23.7. The van der Waals surface area contributed by atoms with Crippen LogP contribution < -0.4 is 20.3 Å². The predicted molar refractivity (Wildman–Crippen MR) is 186 cm³/mol. The first kappa shape index (κ1) is 32.6. The first-order valence-electron chi connectivity index (χ1n) is 16.8. The molecule has 6 heterocycles. The molecule has 7 rings (SSSR count). The highest BCUT2D eigenvalue weighted by Crippen LogP contribution is 2.34. The van der Waals surface area contributed by atoms with Crippen molar-refractivity contribution in [3.63, 3.8) is 0 Å². The molecule has 2 saturated heterocycles. The summed E-state index contributed by atoms with van der Waals surface area (Å²) < 4.78 is 14.8. The van der Waals surface area contributed by atoms with Crippen molar-refractivity contribution in [2.45, 2.75) is 33.2 Å². The number of anilines is 4. The number of carbonyl (C=O) groups excluding carboxylic acids is 2. The molecule has 0 unspecified atom stereocenters. The molecule has 2 amide bonds. The molecule has 14 nitrogen and oxygen atoms in total. The van der Waals surface area contributed by atoms with E-state index in [0.717, 1.165) is 78.1 Å². The zero-order valence-corrected chi connectivity index (χ0v) is 28.8. The first-order valence-corrected chi connectivity index (χ1v) is 16.8. The molecule has 2 fully saturated rings. The summed E-state index contributed by atoms with van der Waals surface area (Å²) in [7, 11) is 5.36. The average molecular weight is 669 g/mol. The number of aromatic nitrogens is 5. The summed E-state index contributed by atoms with van der Waals surface area (Å²) in [6.45, 7) is 9.68. The smallest absolute Gasteiger partial charge is 0.257 e. The van der Waals surface area contributed by atoms with Crippen molar-refractivity contribution in [3.8, 4) is 11.6 Å². The summed E-state index contributed by atoms with van der Waals surface area (Å²) in [6.07, 6.45) is 5.16. The molecule has 0 spiro atoms. The van der Waals surface area contributed by atoms with E-state index in [1.54, 1.807) is 14.2 Å². The van der Waals surface area contributed by atoms with Gasteiger partial charge in [0, 0.05) is 81.8 Å². The van der Waals surface area contributed by atoms with E-state index in [9.17, 15) is 9.59 Å². The van der Waals surface area contributed by atoms with E-state index in [1.807, 2.05) is 65.6 Å². The number of rotatable bonds is 10. The Labute approximate surface area is 286 Å². The van der Waals surface area contributed by atoms with Gasteiger partial charge in [-0.15, -0.1) is 0 Å². The van der Waals surface area contributed by atoms with Crippen molar-refractivity contribution in [1.82, 2.24) is 34.1 Å². The van der Waals surface area contributed by atoms with Gasteiger partial charge in [-0.05, 0) is 51.9 Å². The molecule has 0 bridgehead atoms. The Balaban J connectivity index is 1.04. The number of aryl methyl sites for hydroxylation is 2. The van der Waals surface area contributed by atoms with Gasteiger partial charge in [0.05, 0.1) is 54.5 Å². The second kappa shape index (κ2) is 13.5. The lowest BCUT2D eigenvalue weighted by atomic mass is 9.99. The molecular formula is C35H44N10O4. The lowest BCUT2D eigenvalue weighted by Crippen LogP contribution is -2.56. The minimum atomic E-state index is -0.175. The number of nitrogens with one attached hydrogen (secondary N) is 2. The van der Waals surface area contributed by atoms with Crippen LogP contribution in [0.1, 0.15) is 33.0 Å². The van der Waals surface area contributed by atoms with E-state index in [0.29, 0.717) is 49.9 Å². The van der Waals surface area contributed by atoms with Crippen LogP contribution in [-0.4, -0.2) is 113 Å². The number of benzene rings is 1. The zero-order chi connectivity index (χ0) is 34.2. The largest absolute Gasteiger partial charge is 0.494 e. The van der Waals surface area contributed by atoms with Crippen molar-refractivity contribution in [1.29, 1.82) is 0 Å². The number of piperazine rings is 1. The van der Waals surface area contributed by atoms with Gasteiger partial charge in [-0.25, -0.2) is 4.98 Å². The summed E-state index contributed by atoms with van der Waals surface area (Å²) in [4.78, 5) is 42.3. The third-order valence-electron chi connectivity index (χ3n) is 9.87. The van der Waals surface area contributed by atoms with Crippen LogP contribution in [-0.2, 0) is 28.9 Å². The maximum absolute atomic E-state index is 13.5. The second-order valence-electron chi connectivity index (χ2n) is 13.0. The molecule has 3 aromatic heterocycles. The highest BCUT2D eigenvalue weighted by Gasteiger charge is 2.34. The van der Waals surface area contributed by atoms with Crippen LogP contribution in [0.5, 0.6) is 5.75 Å². The van der Waals surface area contributed by atoms with E-state index in [-0.39, 0.29) is 17.7 Å². The molecule has 3 aliphatic heterocycles. The zero-order valence-electron chi connectivity index (χ0n) is 28.8. The normalized spacial score (nSPS) is 16.2. The number of hydrogen-bond donors (Lipinski definition) is 2. The molecule has 49 heavy (non-hydrogen) atoms. The van der Waals surface area contributed by atoms with Gasteiger partial charge >= 0.3 is 0 Å². The van der Waals surface area contributed by atoms with Crippen molar-refractivity contribution in [2.75, 3.05) is 82.7 Å². The standard InChI is InChI=1S/C35H44N10O4/c1-22-31(23(2)45(40-22)16-17-48-4)38-33(46)27-10-11-44-29(27)9-6-24-19-36-35(39-32(24)44)37-28-8-7-26(18-30(28)49-5)42-12-14-43(15-13-42)34(47)25-20-41(3)21-25/h7-8,10-11,18-19,25H,6,9,12-17,20-21H2,1-5H3,(H,38,46)(H,36,37,39). The van der Waals surface area contributed by atoms with Crippen molar-refractivity contribution in [2.24, 2.45) is 5.92 Å². The molecule has 0 saturated carbocycles. The number of methoxy groups -OCH3 is 2. The van der Waals surface area contributed by atoms with Gasteiger partial charge in [0.1, 0.15) is 11.6 Å². The molecule has 258 valence electrons. The molecule has 2 N–H and O–H groups in total. The monoisotopic (exact) mass is 668 g/mol. The third-order valence-corrected chi connectivity index (χ3v) is 9.87. The second-order valence-corrected chi connectivity index (χ2v) is 13.0. The van der Waals surface area contributed by atoms with Crippen LogP contribution in [0.15, 0.2) is 36.7 Å². The summed E-state index contributed by atoms with van der Waals surface area (Å²) in [5.74, 6) is 2.09. The van der Waals surface area contributed by atoms with Crippen LogP contribution in [0.2, 0.25) is 0 Å². The van der Waals surface area contributed by atoms with E-state index >= 15 is 0 Å². The molecular weight excluding hydrogens is 624 g/mol. The Bertz CT molecular complexity index is 1870. The lowest BCUT2D eigenvalue weighted by Gasteiger charge is -2.42. The molecule has 1 aromatic carbocycles. The molecule has 0 atom stereocenters. The lowest BCUT2D eigenvalue weighted by molar-refractivity contribution is -0.140. The van der Waals surface area contributed by atoms with Crippen LogP contribution in [0, 0.1) is 19.8 Å². The summed E-state index contributed by atoms with van der Waals surface area (Å²) in [5, 5.41) is 11.0. The van der Waals surface area contributed by atoms with Gasteiger partial charge in [-0.3, -0.25) is 14.3 Å². The fourth-order valence-electron chi connectivity index (χ4n) is 7.07. The Kier molecular flexibility index (Phi) is 8.99. The number of hydrogen-bond acceptors (Lipinski definition) is 10. The van der Waals surface area contributed by atoms with E-state index in [4.69, 9.17) is 14.5 Å². The van der Waals surface area contributed by atoms with Crippen LogP contribution in [0.4, 0.5) is 23.0 Å². The van der Waals surface area contributed by atoms with E-state index < -0.39 is 0 Å². The fourth-order valence-corrected chi connectivity index (χ4v) is 7.07. The number of nitrogens with zero attached hydrogens (tertiary/aromatic N) is 8. The summed E-state index contributed by atoms with van der Waals surface area (Å²) in [6, 6.07) is 7.89. The maximum Gasteiger partial charge on any atom is 0.257 e. The minimum Gasteiger partial charge on any atom is -0.494 e. The summed E-state index contributed by atoms with van der Waals surface area (Å²) in [5.41, 5.74) is 6.69. The quantitative estimate of drug-likeness (QED) is 0.260. The molecule has 0 aliphatic carbocycles. The highest BCUT2D eigenvalue weighted by atomic mass is 16.5. The van der Waals surface area contributed by atoms with Gasteiger partial charge in [-0.2, -0.15) is 10.1 Å². The van der Waals surface area contributed by atoms with Crippen molar-refractivity contribution >= 4 is 34.8 Å². The van der Waals surface area contributed by atoms with Crippen LogP contribution in [0.25, 0.3) is 5.82 Å². The third kappa shape index (κ3) is 6.33. The van der Waals surface area contributed by atoms with Crippen LogP contribution in [0.3, 0.4) is 0 Å². The Morgan fingerprint density at radius 1 is 1.04 bits per heavy atom. The molecule has 14 heteroatoms. The van der Waals surface area contributed by atoms with Gasteiger partial charge in [0.25, 0.3) is 5.91 Å². The predicted octanol–water partition coefficient (Wildman–Crippen LogP) is 3.04. The maximum atomic E-state index is 13.5. The van der Waals surface area contributed by atoms with E-state index in [1.165, 1.54) is 0 Å². The number of amides is 2. The van der Waals surface area contributed by atoms with Crippen molar-refractivity contribution < 1.29 is 19.1 Å². The minimum absolute atomic E-state index is 0.139. The number of carbonyl (C=O) groups is 2. The SMILES string of the molecule is COCCn1nc(C)c(NC(=O)c2ccn3c2CCc2cnc(Nc4ccc(N5CCN(C(=O)C6CN(C)C6)CC5)cc4OC)nc2-3)c1C. The van der Waals surface area contributed by atoms with E-state index in [2.05, 4.69) is 36.6 Å². The van der Waals surface area contributed by atoms with Crippen LogP contribution >= 0.6 is 0 Å². The Hall–Kier alpha value is -4.95. The number of ether oxygens (including phenoxy) is 2. The van der Waals surface area contributed by atoms with Crippen molar-refractivity contribution in [3.05, 3.63) is 64.9 Å². The number of fused-ring (bicyclic) bond motifs is 3. The van der Waals surface area contributed by atoms with Gasteiger partial charge < -0.3 is 39.4 Å². The Morgan fingerprint density at radius 3 is 2.57 bits per heavy atom. The van der Waals surface area contributed by atoms with Gasteiger partial charge in [-0.1, -0.05) is 0 Å². The average Bonchev–Trinajstić information content (AvgIpc) is 3.66. The Morgan fingerprint density at radius 2 is 1.84 bits per heavy atom. The summed E-state index contributed by atoms with van der Waals surface area (Å²) >= 11 is 0. The fraction of sp³-hybridized carbons (Fsp3) is 0.457. The number of likely N-dealkylation sites (tertiary alicyclic amines) is 1. The van der Waals surface area contributed by atoms with Gasteiger partial charge in [0.2, 0.25) is 11.9 Å². The van der Waals surface area contributed by atoms with Gasteiger partial charge in [0.15, 0.2) is 0 Å².